The van der Waals surface area contributed by atoms with Gasteiger partial charge in [0.05, 0.1) is 11.1 Å². The van der Waals surface area contributed by atoms with Crippen molar-refractivity contribution in [3.8, 4) is 0 Å². The monoisotopic (exact) mass is 289 g/mol. The van der Waals surface area contributed by atoms with Crippen LogP contribution < -0.4 is 11.1 Å². The number of aromatic nitrogens is 1. The SMILES string of the molecule is NCCNC(=O)c1c2c(nc3ccc(Cl)cc13)CCC2. The van der Waals surface area contributed by atoms with Crippen molar-refractivity contribution < 1.29 is 4.79 Å². The van der Waals surface area contributed by atoms with Crippen molar-refractivity contribution in [3.63, 3.8) is 0 Å². The maximum absolute atomic E-state index is 12.5. The molecule has 3 rings (SSSR count). The van der Waals surface area contributed by atoms with E-state index in [0.29, 0.717) is 18.1 Å². The molecule has 2 aromatic rings. The van der Waals surface area contributed by atoms with Crippen LogP contribution in [0.1, 0.15) is 28.0 Å². The Hall–Kier alpha value is -1.65. The topological polar surface area (TPSA) is 68.0 Å². The number of carbonyl (C=O) groups excluding carboxylic acids is 1. The fourth-order valence-electron chi connectivity index (χ4n) is 2.77. The molecule has 5 heteroatoms. The van der Waals surface area contributed by atoms with Gasteiger partial charge in [0.25, 0.3) is 5.91 Å². The number of nitrogens with two attached hydrogens (primary N) is 1. The Morgan fingerprint density at radius 3 is 3.05 bits per heavy atom. The van der Waals surface area contributed by atoms with E-state index in [-0.39, 0.29) is 5.91 Å². The standard InChI is InChI=1S/C15H16ClN3O/c16-9-4-5-13-11(8-9)14(15(20)18-7-6-17)10-2-1-3-12(10)19-13/h4-5,8H,1-3,6-7,17H2,(H,18,20). The lowest BCUT2D eigenvalue weighted by atomic mass is 10.0. The van der Waals surface area contributed by atoms with Gasteiger partial charge in [0.2, 0.25) is 0 Å². The molecule has 4 nitrogen and oxygen atoms in total. The van der Waals surface area contributed by atoms with Gasteiger partial charge in [-0.05, 0) is 43.0 Å². The molecule has 0 saturated carbocycles. The summed E-state index contributed by atoms with van der Waals surface area (Å²) in [6.07, 6.45) is 2.88. The molecule has 0 unspecified atom stereocenters. The summed E-state index contributed by atoms with van der Waals surface area (Å²) in [6, 6.07) is 5.50. The van der Waals surface area contributed by atoms with E-state index in [4.69, 9.17) is 17.3 Å². The maximum atomic E-state index is 12.5. The number of nitrogens with zero attached hydrogens (tertiary/aromatic N) is 1. The number of hydrogen-bond donors (Lipinski definition) is 2. The number of carbonyl (C=O) groups is 1. The molecule has 20 heavy (non-hydrogen) atoms. The second kappa shape index (κ2) is 5.38. The molecule has 1 aromatic heterocycles. The Morgan fingerprint density at radius 1 is 1.40 bits per heavy atom. The molecule has 1 heterocycles. The summed E-state index contributed by atoms with van der Waals surface area (Å²) >= 11 is 6.07. The summed E-state index contributed by atoms with van der Waals surface area (Å²) in [7, 11) is 0. The maximum Gasteiger partial charge on any atom is 0.252 e. The van der Waals surface area contributed by atoms with Crippen molar-refractivity contribution in [1.82, 2.24) is 10.3 Å². The van der Waals surface area contributed by atoms with Crippen LogP contribution in [-0.4, -0.2) is 24.0 Å². The zero-order chi connectivity index (χ0) is 14.1. The minimum Gasteiger partial charge on any atom is -0.351 e. The van der Waals surface area contributed by atoms with Gasteiger partial charge in [0, 0.05) is 29.2 Å². The molecule has 3 N–H and O–H groups in total. The van der Waals surface area contributed by atoms with Crippen molar-refractivity contribution >= 4 is 28.4 Å². The Bertz CT molecular complexity index is 684. The number of amides is 1. The minimum atomic E-state index is -0.0803. The number of fused-ring (bicyclic) bond motifs is 2. The highest BCUT2D eigenvalue weighted by Gasteiger charge is 2.23. The summed E-state index contributed by atoms with van der Waals surface area (Å²) in [5.41, 5.74) is 9.11. The number of hydrogen-bond acceptors (Lipinski definition) is 3. The molecule has 0 saturated heterocycles. The Kier molecular flexibility index (Phi) is 3.59. The first-order chi connectivity index (χ1) is 9.70. The smallest absolute Gasteiger partial charge is 0.252 e. The van der Waals surface area contributed by atoms with E-state index in [2.05, 4.69) is 10.3 Å². The number of nitrogens with one attached hydrogen (secondary N) is 1. The van der Waals surface area contributed by atoms with E-state index in [9.17, 15) is 4.79 Å². The fraction of sp³-hybridized carbons (Fsp3) is 0.333. The summed E-state index contributed by atoms with van der Waals surface area (Å²) in [4.78, 5) is 17.1. The molecular formula is C15H16ClN3O. The van der Waals surface area contributed by atoms with Crippen molar-refractivity contribution in [1.29, 1.82) is 0 Å². The van der Waals surface area contributed by atoms with Gasteiger partial charge in [-0.3, -0.25) is 9.78 Å². The van der Waals surface area contributed by atoms with Crippen LogP contribution in [0.5, 0.6) is 0 Å². The number of pyridine rings is 1. The van der Waals surface area contributed by atoms with Crippen molar-refractivity contribution in [2.24, 2.45) is 5.73 Å². The predicted octanol–water partition coefficient (Wildman–Crippen LogP) is 2.07. The van der Waals surface area contributed by atoms with Gasteiger partial charge in [-0.2, -0.15) is 0 Å². The Labute approximate surface area is 122 Å². The molecule has 0 atom stereocenters. The number of halogens is 1. The van der Waals surface area contributed by atoms with Crippen LogP contribution in [0.2, 0.25) is 5.02 Å². The van der Waals surface area contributed by atoms with Gasteiger partial charge in [-0.25, -0.2) is 0 Å². The quantitative estimate of drug-likeness (QED) is 0.909. The highest BCUT2D eigenvalue weighted by atomic mass is 35.5. The van der Waals surface area contributed by atoms with Crippen LogP contribution in [0.4, 0.5) is 0 Å². The van der Waals surface area contributed by atoms with E-state index >= 15 is 0 Å². The van der Waals surface area contributed by atoms with Gasteiger partial charge in [-0.15, -0.1) is 0 Å². The molecule has 0 aliphatic heterocycles. The molecule has 0 radical (unpaired) electrons. The molecule has 1 aliphatic carbocycles. The van der Waals surface area contributed by atoms with E-state index in [1.807, 2.05) is 12.1 Å². The van der Waals surface area contributed by atoms with Gasteiger partial charge in [0.15, 0.2) is 0 Å². The summed E-state index contributed by atoms with van der Waals surface area (Å²) < 4.78 is 0. The average molecular weight is 290 g/mol. The predicted molar refractivity (Wildman–Crippen MR) is 80.2 cm³/mol. The molecule has 1 aromatic carbocycles. The van der Waals surface area contributed by atoms with Crippen molar-refractivity contribution in [2.75, 3.05) is 13.1 Å². The van der Waals surface area contributed by atoms with Crippen LogP contribution >= 0.6 is 11.6 Å². The molecule has 104 valence electrons. The lowest BCUT2D eigenvalue weighted by Gasteiger charge is -2.12. The first-order valence-electron chi connectivity index (χ1n) is 6.80. The Balaban J connectivity index is 2.20. The van der Waals surface area contributed by atoms with E-state index in [1.54, 1.807) is 6.07 Å². The van der Waals surface area contributed by atoms with Gasteiger partial charge in [0.1, 0.15) is 0 Å². The second-order valence-electron chi connectivity index (χ2n) is 4.97. The van der Waals surface area contributed by atoms with E-state index in [0.717, 1.165) is 47.0 Å². The zero-order valence-corrected chi connectivity index (χ0v) is 11.8. The number of rotatable bonds is 3. The lowest BCUT2D eigenvalue weighted by Crippen LogP contribution is -2.30. The van der Waals surface area contributed by atoms with Crippen molar-refractivity contribution in [2.45, 2.75) is 19.3 Å². The van der Waals surface area contributed by atoms with Crippen LogP contribution in [0, 0.1) is 0 Å². The van der Waals surface area contributed by atoms with Crippen LogP contribution in [0.15, 0.2) is 18.2 Å². The first kappa shape index (κ1) is 13.3. The number of benzene rings is 1. The third-order valence-corrected chi connectivity index (χ3v) is 3.87. The summed E-state index contributed by atoms with van der Waals surface area (Å²) in [5, 5.41) is 4.30. The molecule has 0 bridgehead atoms. The molecule has 1 aliphatic rings. The van der Waals surface area contributed by atoms with Crippen LogP contribution in [-0.2, 0) is 12.8 Å². The average Bonchev–Trinajstić information content (AvgIpc) is 2.90. The molecular weight excluding hydrogens is 274 g/mol. The van der Waals surface area contributed by atoms with Gasteiger partial charge < -0.3 is 11.1 Å². The highest BCUT2D eigenvalue weighted by molar-refractivity contribution is 6.31. The fourth-order valence-corrected chi connectivity index (χ4v) is 2.94. The van der Waals surface area contributed by atoms with E-state index < -0.39 is 0 Å². The molecule has 1 amide bonds. The van der Waals surface area contributed by atoms with Crippen LogP contribution in [0.25, 0.3) is 10.9 Å². The molecule has 0 spiro atoms. The normalized spacial score (nSPS) is 13.5. The zero-order valence-electron chi connectivity index (χ0n) is 11.1. The Morgan fingerprint density at radius 2 is 2.25 bits per heavy atom. The highest BCUT2D eigenvalue weighted by Crippen LogP contribution is 2.31. The van der Waals surface area contributed by atoms with Crippen molar-refractivity contribution in [3.05, 3.63) is 40.0 Å². The first-order valence-corrected chi connectivity index (χ1v) is 7.18. The largest absolute Gasteiger partial charge is 0.351 e. The van der Waals surface area contributed by atoms with Gasteiger partial charge >= 0.3 is 0 Å². The number of aryl methyl sites for hydroxylation is 1. The van der Waals surface area contributed by atoms with E-state index in [1.165, 1.54) is 0 Å². The third kappa shape index (κ3) is 2.25. The summed E-state index contributed by atoms with van der Waals surface area (Å²) in [6.45, 7) is 0.899. The third-order valence-electron chi connectivity index (χ3n) is 3.63. The summed E-state index contributed by atoms with van der Waals surface area (Å²) in [5.74, 6) is -0.0803. The lowest BCUT2D eigenvalue weighted by molar-refractivity contribution is 0.0955. The molecule has 0 fully saturated rings. The van der Waals surface area contributed by atoms with Crippen LogP contribution in [0.3, 0.4) is 0 Å². The second-order valence-corrected chi connectivity index (χ2v) is 5.41. The minimum absolute atomic E-state index is 0.0803. The van der Waals surface area contributed by atoms with Gasteiger partial charge in [-0.1, -0.05) is 11.6 Å².